The molecule has 4 heteroatoms. The van der Waals surface area contributed by atoms with Crippen molar-refractivity contribution in [2.75, 3.05) is 0 Å². The number of aromatic nitrogens is 2. The van der Waals surface area contributed by atoms with Gasteiger partial charge in [0.2, 0.25) is 0 Å². The standard InChI is InChI=1S/C9H15.C6H7.2C4H4N.2Ru/c1-4-7-8-9(5-2)6-3;1-6-4-2-3-5-6;2*1-2-4-5-3-1;;/h5,8H,4,6H2,1-3H3;2,4H,3H2,1H3;2*1-3,5H;;. The van der Waals surface area contributed by atoms with Gasteiger partial charge in [-0.1, -0.05) is 0 Å². The van der Waals surface area contributed by atoms with Gasteiger partial charge in [0.05, 0.1) is 0 Å². The van der Waals surface area contributed by atoms with Crippen LogP contribution in [0.5, 0.6) is 0 Å². The minimum atomic E-state index is 0.204. The average molecular weight is 537 g/mol. The summed E-state index contributed by atoms with van der Waals surface area (Å²) < 4.78 is 6.01. The van der Waals surface area contributed by atoms with Crippen molar-refractivity contribution in [3.8, 4) is 0 Å². The van der Waals surface area contributed by atoms with Crippen LogP contribution in [0.1, 0.15) is 47.0 Å². The first-order chi connectivity index (χ1) is 13.2. The number of aromatic amines is 2. The molecule has 0 atom stereocenters. The third-order valence-corrected chi connectivity index (χ3v) is 9.05. The van der Waals surface area contributed by atoms with Gasteiger partial charge in [-0.15, -0.1) is 0 Å². The van der Waals surface area contributed by atoms with E-state index in [1.54, 1.807) is 8.33 Å². The van der Waals surface area contributed by atoms with Crippen LogP contribution in [-0.4, -0.2) is 9.97 Å². The first-order valence-electron chi connectivity index (χ1n) is 9.39. The molecule has 0 bridgehead atoms. The van der Waals surface area contributed by atoms with Gasteiger partial charge in [0.1, 0.15) is 0 Å². The Labute approximate surface area is 179 Å². The molecule has 0 saturated carbocycles. The molecule has 0 aromatic carbocycles. The van der Waals surface area contributed by atoms with Crippen molar-refractivity contribution in [3.63, 3.8) is 0 Å². The van der Waals surface area contributed by atoms with Crippen molar-refractivity contribution in [1.82, 2.24) is 9.97 Å². The van der Waals surface area contributed by atoms with Gasteiger partial charge in [-0.25, -0.2) is 0 Å². The maximum atomic E-state index is 3.29. The molecule has 2 nitrogen and oxygen atoms in total. The molecule has 0 unspecified atom stereocenters. The molecule has 0 radical (unpaired) electrons. The monoisotopic (exact) mass is 538 g/mol. The molecule has 0 saturated heterocycles. The van der Waals surface area contributed by atoms with Gasteiger partial charge < -0.3 is 0 Å². The summed E-state index contributed by atoms with van der Waals surface area (Å²) >= 11 is 0.466. The van der Waals surface area contributed by atoms with Gasteiger partial charge in [-0.3, -0.25) is 0 Å². The molecule has 0 spiro atoms. The molecule has 2 aromatic rings. The van der Waals surface area contributed by atoms with E-state index in [2.05, 4.69) is 86.2 Å². The van der Waals surface area contributed by atoms with E-state index in [9.17, 15) is 0 Å². The first kappa shape index (κ1) is 22.1. The fraction of sp³-hybridized carbons (Fsp3) is 0.304. The average Bonchev–Trinajstić information content (AvgIpc) is 3.44. The number of hydrogen-bond donors (Lipinski definition) is 2. The summed E-state index contributed by atoms with van der Waals surface area (Å²) in [5.74, 6) is 0. The Hall–Kier alpha value is -1.23. The van der Waals surface area contributed by atoms with Crippen molar-refractivity contribution in [1.29, 1.82) is 0 Å². The number of hydrogen-bond acceptors (Lipinski definition) is 0. The van der Waals surface area contributed by atoms with Crippen molar-refractivity contribution in [3.05, 3.63) is 80.4 Å². The third kappa shape index (κ3) is 7.72. The second-order valence-corrected chi connectivity index (χ2v) is 10.9. The van der Waals surface area contributed by atoms with Crippen LogP contribution in [0.2, 0.25) is 0 Å². The molecule has 148 valence electrons. The molecule has 2 aromatic heterocycles. The zero-order chi connectivity index (χ0) is 19.5. The molecular formula is C23H30N2Ru2. The molecule has 1 aliphatic carbocycles. The van der Waals surface area contributed by atoms with E-state index in [1.165, 1.54) is 26.1 Å². The van der Waals surface area contributed by atoms with E-state index in [0.717, 1.165) is 12.8 Å². The predicted octanol–water partition coefficient (Wildman–Crippen LogP) is 5.33. The Morgan fingerprint density at radius 2 is 1.78 bits per heavy atom. The summed E-state index contributed by atoms with van der Waals surface area (Å²) in [7, 11) is 0. The molecule has 1 aliphatic rings. The van der Waals surface area contributed by atoms with Crippen LogP contribution in [-0.2, 0) is 34.3 Å². The summed E-state index contributed by atoms with van der Waals surface area (Å²) in [6, 6.07) is 8.51. The van der Waals surface area contributed by atoms with Crippen LogP contribution >= 0.6 is 0 Å². The Morgan fingerprint density at radius 1 is 1.07 bits per heavy atom. The predicted molar refractivity (Wildman–Crippen MR) is 110 cm³/mol. The Kier molecular flexibility index (Phi) is 10.0. The van der Waals surface area contributed by atoms with Crippen LogP contribution in [0.4, 0.5) is 0 Å². The quantitative estimate of drug-likeness (QED) is 0.354. The van der Waals surface area contributed by atoms with Gasteiger partial charge in [0.25, 0.3) is 0 Å². The molecule has 2 N–H and O–H groups in total. The van der Waals surface area contributed by atoms with E-state index in [-0.39, 0.29) is 34.3 Å². The molecular weight excluding hydrogens is 506 g/mol. The second kappa shape index (κ2) is 12.3. The van der Waals surface area contributed by atoms with Gasteiger partial charge in [-0.2, -0.15) is 0 Å². The fourth-order valence-electron chi connectivity index (χ4n) is 2.42. The van der Waals surface area contributed by atoms with E-state index < -0.39 is 0 Å². The fourth-order valence-corrected chi connectivity index (χ4v) is 6.38. The van der Waals surface area contributed by atoms with E-state index in [1.807, 2.05) is 12.4 Å². The van der Waals surface area contributed by atoms with E-state index >= 15 is 0 Å². The first-order valence-corrected chi connectivity index (χ1v) is 12.9. The van der Waals surface area contributed by atoms with E-state index in [0.29, 0.717) is 0 Å². The molecule has 2 heterocycles. The molecule has 0 fully saturated rings. The summed E-state index contributed by atoms with van der Waals surface area (Å²) in [6.07, 6.45) is 16.5. The second-order valence-electron chi connectivity index (χ2n) is 6.01. The summed E-state index contributed by atoms with van der Waals surface area (Å²) in [6.45, 7) is 8.78. The van der Waals surface area contributed by atoms with Crippen molar-refractivity contribution in [2.24, 2.45) is 0 Å². The minimum absolute atomic E-state index is 0.204. The molecule has 27 heavy (non-hydrogen) atoms. The van der Waals surface area contributed by atoms with Crippen molar-refractivity contribution >= 4 is 8.58 Å². The Balaban J connectivity index is 0.000000198. The van der Waals surface area contributed by atoms with Crippen LogP contribution in [0, 0.1) is 0 Å². The SMILES string of the molecule is CC1=[C]([Ru][c]2ccc[nH]2)CC=C1.CC=C(C=[C](CC)[Ru][c]1ccc[nH]1)CC. The zero-order valence-corrected chi connectivity index (χ0v) is 20.1. The number of rotatable bonds is 7. The molecule has 3 rings (SSSR count). The number of nitrogens with one attached hydrogen (secondary N) is 2. The molecule has 0 aliphatic heterocycles. The van der Waals surface area contributed by atoms with Gasteiger partial charge in [0.15, 0.2) is 0 Å². The normalized spacial score (nSPS) is 14.8. The zero-order valence-electron chi connectivity index (χ0n) is 16.6. The number of H-pyrrole nitrogens is 2. The van der Waals surface area contributed by atoms with Crippen LogP contribution < -0.4 is 8.58 Å². The van der Waals surface area contributed by atoms with Gasteiger partial charge in [-0.05, 0) is 0 Å². The molecule has 0 amide bonds. The van der Waals surface area contributed by atoms with Crippen LogP contribution in [0.25, 0.3) is 0 Å². The van der Waals surface area contributed by atoms with Gasteiger partial charge in [0, 0.05) is 0 Å². The topological polar surface area (TPSA) is 31.6 Å². The maximum absolute atomic E-state index is 3.29. The third-order valence-electron chi connectivity index (χ3n) is 4.04. The van der Waals surface area contributed by atoms with E-state index in [4.69, 9.17) is 0 Å². The number of allylic oxidation sites excluding steroid dienone is 8. The Bertz CT molecular complexity index is 792. The van der Waals surface area contributed by atoms with Gasteiger partial charge >= 0.3 is 180 Å². The van der Waals surface area contributed by atoms with Crippen LogP contribution in [0.15, 0.2) is 80.4 Å². The van der Waals surface area contributed by atoms with Crippen molar-refractivity contribution < 1.29 is 34.3 Å². The van der Waals surface area contributed by atoms with Crippen molar-refractivity contribution in [2.45, 2.75) is 47.0 Å². The summed E-state index contributed by atoms with van der Waals surface area (Å²) in [5, 5.41) is 0. The Morgan fingerprint density at radius 3 is 2.26 bits per heavy atom. The van der Waals surface area contributed by atoms with Crippen LogP contribution in [0.3, 0.4) is 0 Å². The summed E-state index contributed by atoms with van der Waals surface area (Å²) in [4.78, 5) is 6.55. The summed E-state index contributed by atoms with van der Waals surface area (Å²) in [5.41, 5.74) is 2.93.